The molecule has 3 aromatic rings. The van der Waals surface area contributed by atoms with Gasteiger partial charge in [-0.3, -0.25) is 4.57 Å². The maximum atomic E-state index is 12.4. The number of ether oxygens (including phenoxy) is 1. The molecule has 1 aromatic carbocycles. The number of aliphatic hydroxyl groups is 3. The molecule has 206 valence electrons. The first-order valence-electron chi connectivity index (χ1n) is 12.4. The topological polar surface area (TPSA) is 181 Å². The minimum absolute atomic E-state index is 0.119. The molecular weight excluding hydrogens is 530 g/mol. The van der Waals surface area contributed by atoms with Crippen LogP contribution in [0.3, 0.4) is 0 Å². The van der Waals surface area contributed by atoms with Gasteiger partial charge in [-0.25, -0.2) is 19.7 Å². The number of nitrogen functional groups attached to an aromatic ring is 1. The van der Waals surface area contributed by atoms with Gasteiger partial charge >= 0.3 is 6.03 Å². The molecule has 2 fully saturated rings. The molecule has 4 atom stereocenters. The smallest absolute Gasteiger partial charge is 0.350 e. The number of urea groups is 1. The Morgan fingerprint density at radius 2 is 2.00 bits per heavy atom. The van der Waals surface area contributed by atoms with E-state index in [0.29, 0.717) is 41.4 Å². The van der Waals surface area contributed by atoms with E-state index in [1.165, 1.54) is 10.9 Å². The van der Waals surface area contributed by atoms with Crippen LogP contribution in [0.25, 0.3) is 11.2 Å². The molecular formula is C25H28ClN7O6. The fourth-order valence-corrected chi connectivity index (χ4v) is 4.77. The highest BCUT2D eigenvalue weighted by Crippen LogP contribution is 2.32. The number of para-hydroxylation sites is 1. The van der Waals surface area contributed by atoms with E-state index in [4.69, 9.17) is 26.9 Å². The van der Waals surface area contributed by atoms with Crippen molar-refractivity contribution in [2.75, 3.05) is 25.4 Å². The van der Waals surface area contributed by atoms with Gasteiger partial charge in [-0.05, 0) is 36.8 Å². The quantitative estimate of drug-likeness (QED) is 0.222. The summed E-state index contributed by atoms with van der Waals surface area (Å²) in [5, 5.41) is 30.3. The normalized spacial score (nSPS) is 23.4. The van der Waals surface area contributed by atoms with Crippen LogP contribution < -0.4 is 16.1 Å². The predicted octanol–water partition coefficient (Wildman–Crippen LogP) is 0.831. The highest BCUT2D eigenvalue weighted by Gasteiger charge is 2.44. The van der Waals surface area contributed by atoms with Crippen molar-refractivity contribution in [1.82, 2.24) is 29.9 Å². The maximum Gasteiger partial charge on any atom is 0.350 e. The summed E-state index contributed by atoms with van der Waals surface area (Å²) in [5.74, 6) is 7.01. The van der Waals surface area contributed by atoms with Gasteiger partial charge in [0.05, 0.1) is 18.0 Å². The summed E-state index contributed by atoms with van der Waals surface area (Å²) in [6, 6.07) is 6.55. The van der Waals surface area contributed by atoms with Crippen LogP contribution in [-0.4, -0.2) is 83.8 Å². The van der Waals surface area contributed by atoms with Crippen molar-refractivity contribution in [2.24, 2.45) is 5.92 Å². The van der Waals surface area contributed by atoms with Gasteiger partial charge in [0, 0.05) is 19.5 Å². The molecule has 2 aliphatic heterocycles. The number of anilines is 1. The molecule has 13 nitrogen and oxygen atoms in total. The molecule has 6 N–H and O–H groups in total. The SMILES string of the molecule is Nc1nc(C#CCC2CCN(C(=O)NOc3ccccc3Cl)CC2)nc2c1ncn2[C@@H]1O[C@H](CO)[C@@H](O)[C@H]1O. The van der Waals surface area contributed by atoms with E-state index < -0.39 is 31.1 Å². The van der Waals surface area contributed by atoms with E-state index in [-0.39, 0.29) is 23.6 Å². The van der Waals surface area contributed by atoms with Gasteiger partial charge in [0.2, 0.25) is 5.82 Å². The fraction of sp³-hybridized carbons (Fsp3) is 0.440. The summed E-state index contributed by atoms with van der Waals surface area (Å²) in [4.78, 5) is 32.3. The molecule has 2 saturated heterocycles. The molecule has 2 aromatic heterocycles. The number of nitrogens with zero attached hydrogens (tertiary/aromatic N) is 5. The lowest BCUT2D eigenvalue weighted by Crippen LogP contribution is -2.45. The average Bonchev–Trinajstić information content (AvgIpc) is 3.49. The average molecular weight is 558 g/mol. The number of nitrogens with two attached hydrogens (primary N) is 1. The van der Waals surface area contributed by atoms with Crippen molar-refractivity contribution in [3.63, 3.8) is 0 Å². The molecule has 14 heteroatoms. The number of aliphatic hydroxyl groups excluding tert-OH is 3. The predicted molar refractivity (Wildman–Crippen MR) is 139 cm³/mol. The molecule has 2 amide bonds. The number of aromatic nitrogens is 4. The van der Waals surface area contributed by atoms with Crippen LogP contribution in [0.5, 0.6) is 5.75 Å². The molecule has 2 aliphatic rings. The number of carbonyl (C=O) groups excluding carboxylic acids is 1. The fourth-order valence-electron chi connectivity index (χ4n) is 4.60. The highest BCUT2D eigenvalue weighted by atomic mass is 35.5. The highest BCUT2D eigenvalue weighted by molar-refractivity contribution is 6.32. The molecule has 0 bridgehead atoms. The Labute approximate surface area is 228 Å². The van der Waals surface area contributed by atoms with Crippen LogP contribution in [-0.2, 0) is 4.74 Å². The van der Waals surface area contributed by atoms with Gasteiger partial charge in [0.15, 0.2) is 23.4 Å². The van der Waals surface area contributed by atoms with Crippen LogP contribution in [0, 0.1) is 17.8 Å². The van der Waals surface area contributed by atoms with Crippen molar-refractivity contribution >= 4 is 34.6 Å². The summed E-state index contributed by atoms with van der Waals surface area (Å²) >= 11 is 6.04. The molecule has 39 heavy (non-hydrogen) atoms. The van der Waals surface area contributed by atoms with Crippen LogP contribution in [0.4, 0.5) is 10.6 Å². The number of rotatable bonds is 5. The lowest BCUT2D eigenvalue weighted by Gasteiger charge is -2.30. The lowest BCUT2D eigenvalue weighted by molar-refractivity contribution is -0.0511. The monoisotopic (exact) mass is 557 g/mol. The Kier molecular flexibility index (Phi) is 8.01. The van der Waals surface area contributed by atoms with Crippen LogP contribution in [0.1, 0.15) is 31.3 Å². The number of likely N-dealkylation sites (tertiary alicyclic amines) is 1. The van der Waals surface area contributed by atoms with Crippen molar-refractivity contribution in [3.8, 4) is 17.6 Å². The molecule has 4 heterocycles. The van der Waals surface area contributed by atoms with Crippen LogP contribution in [0.15, 0.2) is 30.6 Å². The molecule has 0 spiro atoms. The third-order valence-corrected chi connectivity index (χ3v) is 7.13. The van der Waals surface area contributed by atoms with E-state index in [9.17, 15) is 20.1 Å². The van der Waals surface area contributed by atoms with Gasteiger partial charge in [-0.15, -0.1) is 0 Å². The maximum absolute atomic E-state index is 12.4. The number of amides is 2. The molecule has 0 radical (unpaired) electrons. The number of hydroxylamine groups is 1. The minimum Gasteiger partial charge on any atom is -0.394 e. The van der Waals surface area contributed by atoms with E-state index in [1.54, 1.807) is 29.2 Å². The van der Waals surface area contributed by atoms with E-state index in [0.717, 1.165) is 12.8 Å². The zero-order chi connectivity index (χ0) is 27.5. The van der Waals surface area contributed by atoms with Gasteiger partial charge < -0.3 is 35.5 Å². The Morgan fingerprint density at radius 1 is 1.23 bits per heavy atom. The van der Waals surface area contributed by atoms with E-state index >= 15 is 0 Å². The second kappa shape index (κ2) is 11.6. The van der Waals surface area contributed by atoms with Gasteiger partial charge in [-0.1, -0.05) is 29.7 Å². The van der Waals surface area contributed by atoms with E-state index in [2.05, 4.69) is 32.3 Å². The third-order valence-electron chi connectivity index (χ3n) is 6.82. The minimum atomic E-state index is -1.29. The second-order valence-corrected chi connectivity index (χ2v) is 9.77. The Bertz CT molecular complexity index is 1400. The number of halogens is 1. The summed E-state index contributed by atoms with van der Waals surface area (Å²) in [7, 11) is 0. The van der Waals surface area contributed by atoms with Gasteiger partial charge in [-0.2, -0.15) is 5.48 Å². The summed E-state index contributed by atoms with van der Waals surface area (Å²) < 4.78 is 7.03. The number of nitrogens with one attached hydrogen (secondary N) is 1. The van der Waals surface area contributed by atoms with E-state index in [1.807, 2.05) is 0 Å². The number of imidazole rings is 1. The Balaban J connectivity index is 1.18. The number of hydrogen-bond acceptors (Lipinski definition) is 10. The lowest BCUT2D eigenvalue weighted by atomic mass is 9.94. The van der Waals surface area contributed by atoms with Crippen LogP contribution in [0.2, 0.25) is 5.02 Å². The zero-order valence-electron chi connectivity index (χ0n) is 20.8. The summed E-state index contributed by atoms with van der Waals surface area (Å²) in [6.07, 6.45) is -0.979. The van der Waals surface area contributed by atoms with Crippen molar-refractivity contribution in [3.05, 3.63) is 41.4 Å². The number of piperidine rings is 1. The molecule has 0 saturated carbocycles. The first-order valence-corrected chi connectivity index (χ1v) is 12.8. The third kappa shape index (κ3) is 5.70. The number of carbonyl (C=O) groups is 1. The first kappa shape index (κ1) is 26.9. The molecule has 0 unspecified atom stereocenters. The zero-order valence-corrected chi connectivity index (χ0v) is 21.5. The second-order valence-electron chi connectivity index (χ2n) is 9.36. The van der Waals surface area contributed by atoms with Gasteiger partial charge in [0.1, 0.15) is 23.8 Å². The largest absolute Gasteiger partial charge is 0.394 e. The number of fused-ring (bicyclic) bond motifs is 1. The molecule has 0 aliphatic carbocycles. The molecule has 5 rings (SSSR count). The van der Waals surface area contributed by atoms with Crippen molar-refractivity contribution in [1.29, 1.82) is 0 Å². The number of benzene rings is 1. The van der Waals surface area contributed by atoms with Gasteiger partial charge in [0.25, 0.3) is 0 Å². The van der Waals surface area contributed by atoms with Crippen LogP contribution >= 0.6 is 11.6 Å². The Morgan fingerprint density at radius 3 is 2.72 bits per heavy atom. The summed E-state index contributed by atoms with van der Waals surface area (Å²) in [6.45, 7) is 0.668. The van der Waals surface area contributed by atoms with Crippen molar-refractivity contribution in [2.45, 2.75) is 43.8 Å². The Hall–Kier alpha value is -3.67. The standard InChI is InChI=1S/C25H28ClN7O6/c26-15-5-1-2-6-16(15)39-31-25(37)32-10-8-14(9-11-32)4-3-7-18-29-22(27)19-23(30-18)33(13-28-19)24-21(36)20(35)17(12-34)38-24/h1-2,5-6,13-14,17,20-21,24,34-36H,4,8-12H2,(H,31,37)(H2,27,29,30)/t17-,20-,21-,24-/m1/s1. The van der Waals surface area contributed by atoms with Crippen molar-refractivity contribution < 1.29 is 29.7 Å². The first-order chi connectivity index (χ1) is 18.9. The number of hydrogen-bond donors (Lipinski definition) is 5. The summed E-state index contributed by atoms with van der Waals surface area (Å²) in [5.41, 5.74) is 9.09.